The molecule has 1 aliphatic rings. The van der Waals surface area contributed by atoms with Crippen molar-refractivity contribution >= 4 is 26.0 Å². The van der Waals surface area contributed by atoms with Crippen molar-refractivity contribution in [3.05, 3.63) is 17.0 Å². The molecule has 0 unspecified atom stereocenters. The van der Waals surface area contributed by atoms with Crippen molar-refractivity contribution in [2.45, 2.75) is 38.4 Å². The smallest absolute Gasteiger partial charge is 0.267 e. The summed E-state index contributed by atoms with van der Waals surface area (Å²) in [5, 5.41) is 3.65. The monoisotopic (exact) mass is 389 g/mol. The third-order valence-electron chi connectivity index (χ3n) is 3.31. The Hall–Kier alpha value is -0.610. The van der Waals surface area contributed by atoms with E-state index >= 15 is 0 Å². The Morgan fingerprint density at radius 3 is 2.57 bits per heavy atom. The number of alkyl halides is 4. The molecular weight excluding hydrogens is 375 g/mol. The number of hydrogen-bond acceptors (Lipinski definition) is 3. The number of halogens is 4. The Bertz CT molecular complexity index is 613. The first kappa shape index (κ1) is 16.8. The third-order valence-corrected chi connectivity index (χ3v) is 6.05. The van der Waals surface area contributed by atoms with Gasteiger partial charge in [-0.3, -0.25) is 4.68 Å². The largest absolute Gasteiger partial charge is 0.435 e. The Morgan fingerprint density at radius 2 is 1.95 bits per heavy atom. The molecule has 1 aliphatic carbocycles. The highest BCUT2D eigenvalue weighted by atomic mass is 79.9. The van der Waals surface area contributed by atoms with Crippen molar-refractivity contribution in [3.8, 4) is 0 Å². The van der Waals surface area contributed by atoms with Crippen LogP contribution in [0.25, 0.3) is 0 Å². The molecule has 0 saturated carbocycles. The van der Waals surface area contributed by atoms with Crippen LogP contribution in [0.4, 0.5) is 13.2 Å². The number of nitrogens with zero attached hydrogens (tertiary/aromatic N) is 2. The van der Waals surface area contributed by atoms with Crippen molar-refractivity contribution in [3.63, 3.8) is 0 Å². The Labute approximate surface area is 129 Å². The molecule has 0 atom stereocenters. The van der Waals surface area contributed by atoms with E-state index in [1.54, 1.807) is 0 Å². The Morgan fingerprint density at radius 1 is 1.29 bits per heavy atom. The molecule has 0 bridgehead atoms. The van der Waals surface area contributed by atoms with Gasteiger partial charge in [0.15, 0.2) is 5.69 Å². The molecular formula is C11H15BrF3N3O2S. The molecule has 0 amide bonds. The number of fused-ring (bicyclic) bond motifs is 1. The summed E-state index contributed by atoms with van der Waals surface area (Å²) in [6.45, 7) is 0.101. The lowest BCUT2D eigenvalue weighted by Gasteiger charge is -2.14. The zero-order valence-electron chi connectivity index (χ0n) is 11.1. The second-order valence-electron chi connectivity index (χ2n) is 4.82. The van der Waals surface area contributed by atoms with Crippen molar-refractivity contribution in [2.24, 2.45) is 0 Å². The van der Waals surface area contributed by atoms with Crippen molar-refractivity contribution < 1.29 is 21.6 Å². The zero-order valence-corrected chi connectivity index (χ0v) is 13.5. The summed E-state index contributed by atoms with van der Waals surface area (Å²) in [6, 6.07) is 0. The minimum atomic E-state index is -4.47. The highest BCUT2D eigenvalue weighted by Crippen LogP contribution is 2.35. The van der Waals surface area contributed by atoms with Gasteiger partial charge in [-0.2, -0.15) is 18.3 Å². The molecule has 0 saturated heterocycles. The van der Waals surface area contributed by atoms with Gasteiger partial charge < -0.3 is 0 Å². The summed E-state index contributed by atoms with van der Waals surface area (Å²) < 4.78 is 64.8. The standard InChI is InChI=1S/C11H15BrF3N3O2S/c12-7-21(19,20)16-5-6-18-9-4-2-1-3-8(9)10(17-18)11(13,14)15/h16H,1-7H2. The van der Waals surface area contributed by atoms with E-state index in [1.807, 2.05) is 0 Å². The quantitative estimate of drug-likeness (QED) is 0.783. The van der Waals surface area contributed by atoms with Gasteiger partial charge in [0.25, 0.3) is 0 Å². The highest BCUT2D eigenvalue weighted by molar-refractivity contribution is 9.10. The van der Waals surface area contributed by atoms with Crippen molar-refractivity contribution in [1.29, 1.82) is 0 Å². The molecule has 1 aromatic heterocycles. The number of nitrogens with one attached hydrogen (secondary N) is 1. The Balaban J connectivity index is 2.18. The van der Waals surface area contributed by atoms with E-state index in [-0.39, 0.29) is 23.3 Å². The molecule has 1 heterocycles. The first-order chi connectivity index (χ1) is 9.74. The summed E-state index contributed by atoms with van der Waals surface area (Å²) in [6.07, 6.45) is -2.01. The fourth-order valence-electron chi connectivity index (χ4n) is 2.43. The first-order valence-electron chi connectivity index (χ1n) is 6.43. The lowest BCUT2D eigenvalue weighted by Crippen LogP contribution is -2.28. The van der Waals surface area contributed by atoms with Gasteiger partial charge in [0, 0.05) is 17.8 Å². The van der Waals surface area contributed by atoms with Crippen LogP contribution in [0.1, 0.15) is 29.8 Å². The van der Waals surface area contributed by atoms with Gasteiger partial charge >= 0.3 is 6.18 Å². The molecule has 21 heavy (non-hydrogen) atoms. The minimum Gasteiger partial charge on any atom is -0.267 e. The first-order valence-corrected chi connectivity index (χ1v) is 9.21. The summed E-state index contributed by atoms with van der Waals surface area (Å²) in [7, 11) is -3.43. The van der Waals surface area contributed by atoms with Crippen LogP contribution in [0, 0.1) is 0 Å². The second-order valence-corrected chi connectivity index (χ2v) is 7.93. The number of rotatable bonds is 5. The average molecular weight is 390 g/mol. The van der Waals surface area contributed by atoms with Crippen molar-refractivity contribution in [2.75, 3.05) is 11.2 Å². The van der Waals surface area contributed by atoms with Gasteiger partial charge in [-0.1, -0.05) is 15.9 Å². The van der Waals surface area contributed by atoms with Gasteiger partial charge in [-0.25, -0.2) is 13.1 Å². The van der Waals surface area contributed by atoms with E-state index in [4.69, 9.17) is 0 Å². The second kappa shape index (κ2) is 6.25. The molecule has 1 aromatic rings. The Kier molecular flexibility index (Phi) is 4.99. The molecule has 10 heteroatoms. The molecule has 0 aliphatic heterocycles. The lowest BCUT2D eigenvalue weighted by molar-refractivity contribution is -0.142. The molecule has 2 rings (SSSR count). The molecule has 120 valence electrons. The maximum absolute atomic E-state index is 13.0. The van der Waals surface area contributed by atoms with Crippen LogP contribution in [-0.4, -0.2) is 29.4 Å². The van der Waals surface area contributed by atoms with E-state index < -0.39 is 21.9 Å². The predicted octanol–water partition coefficient (Wildman–Crippen LogP) is 2.05. The van der Waals surface area contributed by atoms with Crippen LogP contribution >= 0.6 is 15.9 Å². The normalized spacial score (nSPS) is 16.0. The van der Waals surface area contributed by atoms with Crippen LogP contribution in [0.5, 0.6) is 0 Å². The summed E-state index contributed by atoms with van der Waals surface area (Å²) in [5.41, 5.74) is 0.00395. The van der Waals surface area contributed by atoms with Gasteiger partial charge in [0.2, 0.25) is 10.0 Å². The third kappa shape index (κ3) is 3.98. The molecule has 5 nitrogen and oxygen atoms in total. The maximum atomic E-state index is 13.0. The van der Waals surface area contributed by atoms with Crippen molar-refractivity contribution in [1.82, 2.24) is 14.5 Å². The highest BCUT2D eigenvalue weighted by Gasteiger charge is 2.39. The average Bonchev–Trinajstić information content (AvgIpc) is 2.78. The topological polar surface area (TPSA) is 64.0 Å². The summed E-state index contributed by atoms with van der Waals surface area (Å²) >= 11 is 2.83. The van der Waals surface area contributed by atoms with Crippen LogP contribution in [0.15, 0.2) is 0 Å². The van der Waals surface area contributed by atoms with Gasteiger partial charge in [-0.05, 0) is 25.7 Å². The fraction of sp³-hybridized carbons (Fsp3) is 0.727. The summed E-state index contributed by atoms with van der Waals surface area (Å²) in [5.74, 6) is 0. The van der Waals surface area contributed by atoms with Crippen LogP contribution < -0.4 is 4.72 Å². The van der Waals surface area contributed by atoms with E-state index in [1.165, 1.54) is 4.68 Å². The van der Waals surface area contributed by atoms with Crippen LogP contribution in [0.3, 0.4) is 0 Å². The van der Waals surface area contributed by atoms with E-state index in [0.29, 0.717) is 18.5 Å². The SMILES string of the molecule is O=S(=O)(CBr)NCCn1nc(C(F)(F)F)c2c1CCCC2. The van der Waals surface area contributed by atoms with Gasteiger partial charge in [-0.15, -0.1) is 0 Å². The van der Waals surface area contributed by atoms with E-state index in [2.05, 4.69) is 25.8 Å². The van der Waals surface area contributed by atoms with Gasteiger partial charge in [0.05, 0.1) is 6.54 Å². The summed E-state index contributed by atoms with van der Waals surface area (Å²) in [4.78, 5) is 0. The zero-order chi connectivity index (χ0) is 15.7. The van der Waals surface area contributed by atoms with E-state index in [0.717, 1.165) is 12.8 Å². The minimum absolute atomic E-state index is 0.0132. The lowest BCUT2D eigenvalue weighted by atomic mass is 9.95. The number of sulfonamides is 1. The predicted molar refractivity (Wildman–Crippen MR) is 74.6 cm³/mol. The van der Waals surface area contributed by atoms with Crippen LogP contribution in [-0.2, 0) is 35.6 Å². The molecule has 1 N–H and O–H groups in total. The fourth-order valence-corrected chi connectivity index (χ4v) is 3.39. The molecule has 0 radical (unpaired) electrons. The maximum Gasteiger partial charge on any atom is 0.435 e. The number of aromatic nitrogens is 2. The van der Waals surface area contributed by atoms with Crippen LogP contribution in [0.2, 0.25) is 0 Å². The number of hydrogen-bond donors (Lipinski definition) is 1. The molecule has 0 aromatic carbocycles. The molecule has 0 spiro atoms. The van der Waals surface area contributed by atoms with Gasteiger partial charge in [0.1, 0.15) is 4.66 Å². The molecule has 0 fully saturated rings. The van der Waals surface area contributed by atoms with E-state index in [9.17, 15) is 21.6 Å².